The van der Waals surface area contributed by atoms with Crippen LogP contribution >= 0.6 is 0 Å². The molecule has 0 saturated heterocycles. The fourth-order valence-electron chi connectivity index (χ4n) is 1.28. The normalized spacial score (nSPS) is 10.6. The lowest BCUT2D eigenvalue weighted by Gasteiger charge is -2.11. The van der Waals surface area contributed by atoms with Gasteiger partial charge in [0.1, 0.15) is 5.69 Å². The third kappa shape index (κ3) is 1.72. The van der Waals surface area contributed by atoms with Crippen LogP contribution in [-0.2, 0) is 0 Å². The number of aldehydes is 1. The maximum absolute atomic E-state index is 10.3. The van der Waals surface area contributed by atoms with E-state index in [1.54, 1.807) is 6.07 Å². The van der Waals surface area contributed by atoms with Gasteiger partial charge in [0.05, 0.1) is 6.04 Å². The summed E-state index contributed by atoms with van der Waals surface area (Å²) < 4.78 is 1.86. The zero-order valence-corrected chi connectivity index (χ0v) is 7.53. The quantitative estimate of drug-likeness (QED) is 0.642. The van der Waals surface area contributed by atoms with Crippen LogP contribution in [0.5, 0.6) is 0 Å². The molecule has 3 heteroatoms. The van der Waals surface area contributed by atoms with Crippen molar-refractivity contribution in [2.45, 2.75) is 32.7 Å². The second-order valence-corrected chi connectivity index (χ2v) is 2.81. The van der Waals surface area contributed by atoms with Gasteiger partial charge in [-0.2, -0.15) is 5.10 Å². The number of aromatic nitrogens is 2. The second kappa shape index (κ2) is 4.04. The Bertz CT molecular complexity index is 251. The molecule has 0 aliphatic carbocycles. The maximum atomic E-state index is 10.3. The predicted octanol–water partition coefficient (Wildman–Crippen LogP) is 2.06. The summed E-state index contributed by atoms with van der Waals surface area (Å²) in [7, 11) is 0. The van der Waals surface area contributed by atoms with Gasteiger partial charge in [0.15, 0.2) is 6.29 Å². The summed E-state index contributed by atoms with van der Waals surface area (Å²) in [6.45, 7) is 4.24. The Hall–Kier alpha value is -1.12. The second-order valence-electron chi connectivity index (χ2n) is 2.81. The number of hydrogen-bond acceptors (Lipinski definition) is 2. The molecule has 3 nitrogen and oxygen atoms in total. The first-order valence-corrected chi connectivity index (χ1v) is 4.32. The van der Waals surface area contributed by atoms with E-state index in [4.69, 9.17) is 0 Å². The Balaban J connectivity index is 2.79. The molecule has 1 heterocycles. The fourth-order valence-corrected chi connectivity index (χ4v) is 1.28. The molecule has 66 valence electrons. The summed E-state index contributed by atoms with van der Waals surface area (Å²) in [5.74, 6) is 0. The molecule has 1 aromatic heterocycles. The highest BCUT2D eigenvalue weighted by Crippen LogP contribution is 2.13. The van der Waals surface area contributed by atoms with Crippen LogP contribution < -0.4 is 0 Å². The highest BCUT2D eigenvalue weighted by atomic mass is 16.1. The van der Waals surface area contributed by atoms with Gasteiger partial charge >= 0.3 is 0 Å². The van der Waals surface area contributed by atoms with Crippen molar-refractivity contribution < 1.29 is 4.79 Å². The van der Waals surface area contributed by atoms with E-state index in [0.29, 0.717) is 11.7 Å². The number of rotatable bonds is 4. The summed E-state index contributed by atoms with van der Waals surface area (Å²) in [5, 5.41) is 4.12. The van der Waals surface area contributed by atoms with Crippen molar-refractivity contribution in [3.8, 4) is 0 Å². The minimum absolute atomic E-state index is 0.429. The first-order chi connectivity index (χ1) is 5.81. The summed E-state index contributed by atoms with van der Waals surface area (Å²) in [6.07, 6.45) is 4.74. The lowest BCUT2D eigenvalue weighted by molar-refractivity contribution is 0.111. The molecule has 0 aliphatic heterocycles. The highest BCUT2D eigenvalue weighted by Gasteiger charge is 2.06. The van der Waals surface area contributed by atoms with Gasteiger partial charge in [-0.25, -0.2) is 0 Å². The lowest BCUT2D eigenvalue weighted by Crippen LogP contribution is -2.07. The predicted molar refractivity (Wildman–Crippen MR) is 47.2 cm³/mol. The van der Waals surface area contributed by atoms with Gasteiger partial charge in [-0.15, -0.1) is 0 Å². The average molecular weight is 166 g/mol. The molecule has 1 aromatic rings. The Morgan fingerprint density at radius 1 is 1.58 bits per heavy atom. The molecule has 1 rings (SSSR count). The van der Waals surface area contributed by atoms with Crippen LogP contribution in [-0.4, -0.2) is 16.1 Å². The minimum Gasteiger partial charge on any atom is -0.296 e. The van der Waals surface area contributed by atoms with Crippen LogP contribution in [0, 0.1) is 0 Å². The number of carbonyl (C=O) groups excluding carboxylic acids is 1. The summed E-state index contributed by atoms with van der Waals surface area (Å²) in [4.78, 5) is 10.3. The van der Waals surface area contributed by atoms with Crippen molar-refractivity contribution in [2.75, 3.05) is 0 Å². The molecule has 0 spiro atoms. The SMILES string of the molecule is CCC(CC)n1ccc(C=O)n1. The first-order valence-electron chi connectivity index (χ1n) is 4.32. The Morgan fingerprint density at radius 3 is 2.67 bits per heavy atom. The molecule has 0 saturated carbocycles. The van der Waals surface area contributed by atoms with E-state index >= 15 is 0 Å². The molecule has 0 aliphatic rings. The van der Waals surface area contributed by atoms with Crippen LogP contribution in [0.25, 0.3) is 0 Å². The molecule has 0 N–H and O–H groups in total. The molecule has 0 amide bonds. The summed E-state index contributed by atoms with van der Waals surface area (Å²) >= 11 is 0. The van der Waals surface area contributed by atoms with Crippen molar-refractivity contribution in [2.24, 2.45) is 0 Å². The van der Waals surface area contributed by atoms with Gasteiger partial charge in [-0.3, -0.25) is 9.48 Å². The van der Waals surface area contributed by atoms with Crippen LogP contribution in [0.1, 0.15) is 43.2 Å². The molecule has 0 bridgehead atoms. The van der Waals surface area contributed by atoms with E-state index in [-0.39, 0.29) is 0 Å². The molecule has 0 radical (unpaired) electrons. The van der Waals surface area contributed by atoms with Gasteiger partial charge in [-0.1, -0.05) is 13.8 Å². The zero-order valence-electron chi connectivity index (χ0n) is 7.53. The van der Waals surface area contributed by atoms with E-state index < -0.39 is 0 Å². The molecular formula is C9H14N2O. The Labute approximate surface area is 72.4 Å². The molecule has 12 heavy (non-hydrogen) atoms. The first kappa shape index (κ1) is 8.97. The van der Waals surface area contributed by atoms with Crippen LogP contribution in [0.15, 0.2) is 12.3 Å². The van der Waals surface area contributed by atoms with Crippen molar-refractivity contribution in [3.63, 3.8) is 0 Å². The molecule has 0 fully saturated rings. The maximum Gasteiger partial charge on any atom is 0.170 e. The van der Waals surface area contributed by atoms with Crippen molar-refractivity contribution in [1.29, 1.82) is 0 Å². The minimum atomic E-state index is 0.429. The molecule has 0 unspecified atom stereocenters. The van der Waals surface area contributed by atoms with Crippen molar-refractivity contribution in [1.82, 2.24) is 9.78 Å². The highest BCUT2D eigenvalue weighted by molar-refractivity contribution is 5.71. The summed E-state index contributed by atoms with van der Waals surface area (Å²) in [6, 6.07) is 2.17. The van der Waals surface area contributed by atoms with Gasteiger partial charge in [-0.05, 0) is 18.9 Å². The van der Waals surface area contributed by atoms with E-state index in [0.717, 1.165) is 19.1 Å². The Morgan fingerprint density at radius 2 is 2.25 bits per heavy atom. The average Bonchev–Trinajstić information content (AvgIpc) is 2.55. The van der Waals surface area contributed by atoms with Crippen molar-refractivity contribution >= 4 is 6.29 Å². The standard InChI is InChI=1S/C9H14N2O/c1-3-9(4-2)11-6-5-8(7-12)10-11/h5-7,9H,3-4H2,1-2H3. The van der Waals surface area contributed by atoms with Gasteiger partial charge in [0.25, 0.3) is 0 Å². The monoisotopic (exact) mass is 166 g/mol. The fraction of sp³-hybridized carbons (Fsp3) is 0.556. The zero-order chi connectivity index (χ0) is 8.97. The van der Waals surface area contributed by atoms with E-state index in [1.807, 2.05) is 10.9 Å². The molecule has 0 aromatic carbocycles. The molecular weight excluding hydrogens is 152 g/mol. The number of hydrogen-bond donors (Lipinski definition) is 0. The Kier molecular flexibility index (Phi) is 3.02. The molecule has 0 atom stereocenters. The topological polar surface area (TPSA) is 34.9 Å². The third-order valence-electron chi connectivity index (χ3n) is 2.07. The van der Waals surface area contributed by atoms with E-state index in [9.17, 15) is 4.79 Å². The van der Waals surface area contributed by atoms with Crippen molar-refractivity contribution in [3.05, 3.63) is 18.0 Å². The van der Waals surface area contributed by atoms with Gasteiger partial charge in [0.2, 0.25) is 0 Å². The van der Waals surface area contributed by atoms with E-state index in [2.05, 4.69) is 18.9 Å². The largest absolute Gasteiger partial charge is 0.296 e. The van der Waals surface area contributed by atoms with E-state index in [1.165, 1.54) is 0 Å². The van der Waals surface area contributed by atoms with Crippen LogP contribution in [0.3, 0.4) is 0 Å². The third-order valence-corrected chi connectivity index (χ3v) is 2.07. The number of nitrogens with zero attached hydrogens (tertiary/aromatic N) is 2. The van der Waals surface area contributed by atoms with Crippen LogP contribution in [0.2, 0.25) is 0 Å². The van der Waals surface area contributed by atoms with Gasteiger partial charge in [0, 0.05) is 6.20 Å². The smallest absolute Gasteiger partial charge is 0.170 e. The van der Waals surface area contributed by atoms with Crippen LogP contribution in [0.4, 0.5) is 0 Å². The van der Waals surface area contributed by atoms with Gasteiger partial charge < -0.3 is 0 Å². The summed E-state index contributed by atoms with van der Waals surface area (Å²) in [5.41, 5.74) is 0.516. The lowest BCUT2D eigenvalue weighted by atomic mass is 10.2. The number of carbonyl (C=O) groups is 1.